The van der Waals surface area contributed by atoms with Crippen LogP contribution in [0.15, 0.2) is 71.7 Å². The third kappa shape index (κ3) is 4.07. The highest BCUT2D eigenvalue weighted by Crippen LogP contribution is 2.00. The van der Waals surface area contributed by atoms with Crippen molar-refractivity contribution in [2.75, 3.05) is 6.54 Å². The minimum atomic E-state index is 0.712. The first-order valence-electron chi connectivity index (χ1n) is 5.71. The van der Waals surface area contributed by atoms with E-state index >= 15 is 0 Å². The molecule has 2 aromatic carbocycles. The van der Waals surface area contributed by atoms with Crippen LogP contribution in [0.3, 0.4) is 0 Å². The van der Waals surface area contributed by atoms with E-state index in [2.05, 4.69) is 29.3 Å². The summed E-state index contributed by atoms with van der Waals surface area (Å²) in [5.41, 5.74) is 2.35. The van der Waals surface area contributed by atoms with E-state index in [1.807, 2.05) is 54.7 Å². The Bertz CT molecular complexity index is 436. The van der Waals surface area contributed by atoms with E-state index < -0.39 is 0 Å². The van der Waals surface area contributed by atoms with Crippen LogP contribution in [0.5, 0.6) is 0 Å². The fraction of sp³-hybridized carbons (Fsp3) is 0.0625. The Kier molecular flexibility index (Phi) is 4.29. The second kappa shape index (κ2) is 6.44. The molecular weight excluding hydrogens is 206 g/mol. The average molecular weight is 221 g/mol. The van der Waals surface area contributed by atoms with Gasteiger partial charge >= 0.3 is 0 Å². The molecule has 0 saturated heterocycles. The molecule has 0 aliphatic heterocycles. The van der Waals surface area contributed by atoms with Crippen molar-refractivity contribution >= 4 is 12.3 Å². The third-order valence-electron chi connectivity index (χ3n) is 2.36. The summed E-state index contributed by atoms with van der Waals surface area (Å²) >= 11 is 0. The predicted molar refractivity (Wildman–Crippen MR) is 74.4 cm³/mol. The van der Waals surface area contributed by atoms with Crippen LogP contribution in [0.4, 0.5) is 0 Å². The van der Waals surface area contributed by atoms with Crippen molar-refractivity contribution in [3.8, 4) is 0 Å². The van der Waals surface area contributed by atoms with Gasteiger partial charge in [-0.25, -0.2) is 0 Å². The summed E-state index contributed by atoms with van der Waals surface area (Å²) in [5.74, 6) is 0. The van der Waals surface area contributed by atoms with Gasteiger partial charge in [-0.2, -0.15) is 0 Å². The number of hydrogen-bond donors (Lipinski definition) is 0. The Balaban J connectivity index is 1.84. The molecule has 0 radical (unpaired) electrons. The van der Waals surface area contributed by atoms with Gasteiger partial charge in [0, 0.05) is 6.21 Å². The molecule has 84 valence electrons. The van der Waals surface area contributed by atoms with E-state index in [1.54, 1.807) is 0 Å². The maximum atomic E-state index is 4.34. The van der Waals surface area contributed by atoms with Gasteiger partial charge in [-0.15, -0.1) is 0 Å². The number of benzene rings is 2. The largest absolute Gasteiger partial charge is 0.288 e. The van der Waals surface area contributed by atoms with E-state index in [0.29, 0.717) is 6.54 Å². The Labute approximate surface area is 102 Å². The lowest BCUT2D eigenvalue weighted by molar-refractivity contribution is 1.26. The van der Waals surface area contributed by atoms with E-state index in [-0.39, 0.29) is 0 Å². The summed E-state index contributed by atoms with van der Waals surface area (Å²) in [6.45, 7) is 0.712. The van der Waals surface area contributed by atoms with Crippen molar-refractivity contribution < 1.29 is 0 Å². The van der Waals surface area contributed by atoms with Crippen molar-refractivity contribution in [1.29, 1.82) is 0 Å². The van der Waals surface area contributed by atoms with Gasteiger partial charge in [-0.05, 0) is 11.1 Å². The first-order chi connectivity index (χ1) is 8.45. The normalized spacial score (nSPS) is 11.3. The van der Waals surface area contributed by atoms with Crippen molar-refractivity contribution in [1.82, 2.24) is 0 Å². The molecule has 0 unspecified atom stereocenters. The number of nitrogens with zero attached hydrogens (tertiary/aromatic N) is 1. The van der Waals surface area contributed by atoms with E-state index in [9.17, 15) is 0 Å². The van der Waals surface area contributed by atoms with Crippen LogP contribution < -0.4 is 0 Å². The zero-order valence-electron chi connectivity index (χ0n) is 9.66. The molecule has 0 aliphatic rings. The molecule has 0 atom stereocenters. The molecule has 1 heteroatoms. The summed E-state index contributed by atoms with van der Waals surface area (Å²) in [5, 5.41) is 0. The monoisotopic (exact) mass is 221 g/mol. The molecule has 2 aromatic rings. The van der Waals surface area contributed by atoms with Crippen LogP contribution in [0.25, 0.3) is 6.08 Å². The standard InChI is InChI=1S/C16H15N/c1-3-8-15(9-4-1)12-7-13-17-14-16-10-5-2-6-11-16/h1-12,14H,13H2. The lowest BCUT2D eigenvalue weighted by Crippen LogP contribution is -1.80. The fourth-order valence-electron chi connectivity index (χ4n) is 1.51. The molecule has 0 N–H and O–H groups in total. The molecule has 0 amide bonds. The highest BCUT2D eigenvalue weighted by molar-refractivity contribution is 5.79. The van der Waals surface area contributed by atoms with Gasteiger partial charge < -0.3 is 0 Å². The lowest BCUT2D eigenvalue weighted by Gasteiger charge is -1.91. The highest BCUT2D eigenvalue weighted by atomic mass is 14.7. The fourth-order valence-corrected chi connectivity index (χ4v) is 1.51. The molecule has 0 spiro atoms. The minimum Gasteiger partial charge on any atom is -0.288 e. The van der Waals surface area contributed by atoms with Gasteiger partial charge in [0.2, 0.25) is 0 Å². The second-order valence-corrected chi connectivity index (χ2v) is 3.72. The summed E-state index contributed by atoms with van der Waals surface area (Å²) in [4.78, 5) is 4.34. The zero-order chi connectivity index (χ0) is 11.8. The molecule has 17 heavy (non-hydrogen) atoms. The highest BCUT2D eigenvalue weighted by Gasteiger charge is 1.83. The molecule has 0 aromatic heterocycles. The molecule has 2 rings (SSSR count). The Morgan fingerprint density at radius 2 is 1.35 bits per heavy atom. The number of hydrogen-bond acceptors (Lipinski definition) is 1. The molecule has 0 bridgehead atoms. The third-order valence-corrected chi connectivity index (χ3v) is 2.36. The molecule has 0 saturated carbocycles. The summed E-state index contributed by atoms with van der Waals surface area (Å²) < 4.78 is 0. The van der Waals surface area contributed by atoms with Crippen molar-refractivity contribution in [3.63, 3.8) is 0 Å². The summed E-state index contributed by atoms with van der Waals surface area (Å²) in [6, 6.07) is 20.4. The zero-order valence-corrected chi connectivity index (χ0v) is 9.66. The smallest absolute Gasteiger partial charge is 0.0573 e. The van der Waals surface area contributed by atoms with Crippen molar-refractivity contribution in [2.45, 2.75) is 0 Å². The number of aliphatic imine (C=N–C) groups is 1. The first kappa shape index (κ1) is 11.3. The minimum absolute atomic E-state index is 0.712. The molecule has 1 nitrogen and oxygen atoms in total. The number of rotatable bonds is 4. The topological polar surface area (TPSA) is 12.4 Å². The van der Waals surface area contributed by atoms with Crippen LogP contribution in [-0.4, -0.2) is 12.8 Å². The van der Waals surface area contributed by atoms with Crippen LogP contribution >= 0.6 is 0 Å². The molecule has 0 aliphatic carbocycles. The van der Waals surface area contributed by atoms with E-state index in [1.165, 1.54) is 5.56 Å². The maximum absolute atomic E-state index is 4.34. The van der Waals surface area contributed by atoms with Gasteiger partial charge in [-0.1, -0.05) is 72.8 Å². The van der Waals surface area contributed by atoms with Crippen molar-refractivity contribution in [2.24, 2.45) is 4.99 Å². The van der Waals surface area contributed by atoms with Crippen LogP contribution in [0.1, 0.15) is 11.1 Å². The summed E-state index contributed by atoms with van der Waals surface area (Å²) in [6.07, 6.45) is 6.05. The SMILES string of the molecule is C(=Cc1ccccc1)CN=Cc1ccccc1. The Morgan fingerprint density at radius 1 is 0.765 bits per heavy atom. The molecule has 0 heterocycles. The van der Waals surface area contributed by atoms with Gasteiger partial charge in [0.15, 0.2) is 0 Å². The second-order valence-electron chi connectivity index (χ2n) is 3.72. The quantitative estimate of drug-likeness (QED) is 0.696. The van der Waals surface area contributed by atoms with Crippen molar-refractivity contribution in [3.05, 3.63) is 77.9 Å². The van der Waals surface area contributed by atoms with Crippen LogP contribution in [-0.2, 0) is 0 Å². The molecule has 0 fully saturated rings. The summed E-state index contributed by atoms with van der Waals surface area (Å²) in [7, 11) is 0. The Morgan fingerprint density at radius 3 is 2.00 bits per heavy atom. The van der Waals surface area contributed by atoms with Gasteiger partial charge in [0.25, 0.3) is 0 Å². The van der Waals surface area contributed by atoms with Gasteiger partial charge in [0.05, 0.1) is 6.54 Å². The van der Waals surface area contributed by atoms with Gasteiger partial charge in [0.1, 0.15) is 0 Å². The predicted octanol–water partition coefficient (Wildman–Crippen LogP) is 3.82. The Hall–Kier alpha value is -2.15. The van der Waals surface area contributed by atoms with Gasteiger partial charge in [-0.3, -0.25) is 4.99 Å². The van der Waals surface area contributed by atoms with E-state index in [0.717, 1.165) is 5.56 Å². The maximum Gasteiger partial charge on any atom is 0.0573 e. The average Bonchev–Trinajstić information content (AvgIpc) is 2.41. The molecular formula is C16H15N. The van der Waals surface area contributed by atoms with Crippen LogP contribution in [0, 0.1) is 0 Å². The van der Waals surface area contributed by atoms with E-state index in [4.69, 9.17) is 0 Å². The first-order valence-corrected chi connectivity index (χ1v) is 5.71. The van der Waals surface area contributed by atoms with Crippen LogP contribution in [0.2, 0.25) is 0 Å². The lowest BCUT2D eigenvalue weighted by atomic mass is 10.2.